The van der Waals surface area contributed by atoms with Gasteiger partial charge in [0.15, 0.2) is 11.5 Å². The summed E-state index contributed by atoms with van der Waals surface area (Å²) in [7, 11) is 1.70. The summed E-state index contributed by atoms with van der Waals surface area (Å²) in [6, 6.07) is 6.28. The summed E-state index contributed by atoms with van der Waals surface area (Å²) in [4.78, 5) is 1.68. The molecule has 3 heteroatoms. The zero-order valence-electron chi connectivity index (χ0n) is 10.8. The van der Waals surface area contributed by atoms with E-state index in [0.717, 1.165) is 18.0 Å². The van der Waals surface area contributed by atoms with E-state index in [1.165, 1.54) is 31.5 Å². The van der Waals surface area contributed by atoms with Gasteiger partial charge in [-0.1, -0.05) is 0 Å². The number of hydrogen-bond acceptors (Lipinski definition) is 2. The summed E-state index contributed by atoms with van der Waals surface area (Å²) in [6.07, 6.45) is 2.73. The summed E-state index contributed by atoms with van der Waals surface area (Å²) in [5.41, 5.74) is 1.34. The van der Waals surface area contributed by atoms with Crippen molar-refractivity contribution in [1.82, 2.24) is 0 Å². The Hall–Kier alpha value is -1.22. The van der Waals surface area contributed by atoms with Crippen LogP contribution in [0.2, 0.25) is 0 Å². The monoisotopic (exact) mass is 236 g/mol. The normalized spacial score (nSPS) is 16.1. The van der Waals surface area contributed by atoms with E-state index >= 15 is 0 Å². The minimum Gasteiger partial charge on any atom is -0.493 e. The SMILES string of the molecule is CCOc1ccc(C[NH+]2CCCC2)cc1OC. The lowest BCUT2D eigenvalue weighted by Crippen LogP contribution is -3.08. The molecule has 0 aliphatic carbocycles. The number of quaternary nitrogens is 1. The summed E-state index contributed by atoms with van der Waals surface area (Å²) in [6.45, 7) is 6.36. The van der Waals surface area contributed by atoms with E-state index in [2.05, 4.69) is 12.1 Å². The smallest absolute Gasteiger partial charge is 0.161 e. The van der Waals surface area contributed by atoms with E-state index in [1.54, 1.807) is 12.0 Å². The Morgan fingerprint density at radius 2 is 1.94 bits per heavy atom. The van der Waals surface area contributed by atoms with E-state index in [9.17, 15) is 0 Å². The van der Waals surface area contributed by atoms with Crippen molar-refractivity contribution in [3.8, 4) is 11.5 Å². The van der Waals surface area contributed by atoms with Gasteiger partial charge in [0, 0.05) is 18.4 Å². The molecule has 1 aromatic carbocycles. The van der Waals surface area contributed by atoms with Gasteiger partial charge in [-0.15, -0.1) is 0 Å². The van der Waals surface area contributed by atoms with Crippen molar-refractivity contribution in [3.05, 3.63) is 23.8 Å². The third-order valence-corrected chi connectivity index (χ3v) is 3.29. The highest BCUT2D eigenvalue weighted by molar-refractivity contribution is 5.42. The van der Waals surface area contributed by atoms with Crippen LogP contribution in [-0.4, -0.2) is 26.8 Å². The molecule has 0 bridgehead atoms. The largest absolute Gasteiger partial charge is 0.493 e. The van der Waals surface area contributed by atoms with E-state index < -0.39 is 0 Å². The molecule has 0 aromatic heterocycles. The molecule has 3 nitrogen and oxygen atoms in total. The molecule has 1 aromatic rings. The molecule has 1 fully saturated rings. The van der Waals surface area contributed by atoms with Crippen molar-refractivity contribution in [3.63, 3.8) is 0 Å². The Morgan fingerprint density at radius 3 is 2.59 bits per heavy atom. The second-order valence-corrected chi connectivity index (χ2v) is 4.55. The predicted octanol–water partition coefficient (Wildman–Crippen LogP) is 1.27. The Morgan fingerprint density at radius 1 is 1.18 bits per heavy atom. The number of rotatable bonds is 5. The zero-order valence-corrected chi connectivity index (χ0v) is 10.8. The maximum absolute atomic E-state index is 5.52. The van der Waals surface area contributed by atoms with Crippen LogP contribution in [0.15, 0.2) is 18.2 Å². The van der Waals surface area contributed by atoms with Gasteiger partial charge in [-0.3, -0.25) is 0 Å². The van der Waals surface area contributed by atoms with Crippen LogP contribution < -0.4 is 14.4 Å². The molecule has 1 heterocycles. The van der Waals surface area contributed by atoms with Gasteiger partial charge in [0.2, 0.25) is 0 Å². The van der Waals surface area contributed by atoms with Crippen molar-refractivity contribution < 1.29 is 14.4 Å². The second-order valence-electron chi connectivity index (χ2n) is 4.55. The number of hydrogen-bond donors (Lipinski definition) is 1. The van der Waals surface area contributed by atoms with Crippen LogP contribution in [0, 0.1) is 0 Å². The molecule has 0 spiro atoms. The molecule has 1 saturated heterocycles. The number of likely N-dealkylation sites (tertiary alicyclic amines) is 1. The average Bonchev–Trinajstić information content (AvgIpc) is 2.84. The van der Waals surface area contributed by atoms with Crippen molar-refractivity contribution in [1.29, 1.82) is 0 Å². The lowest BCUT2D eigenvalue weighted by atomic mass is 10.2. The predicted molar refractivity (Wildman–Crippen MR) is 67.8 cm³/mol. The van der Waals surface area contributed by atoms with Gasteiger partial charge in [-0.25, -0.2) is 0 Å². The van der Waals surface area contributed by atoms with Gasteiger partial charge in [-0.05, 0) is 25.1 Å². The molecule has 0 unspecified atom stereocenters. The second kappa shape index (κ2) is 5.92. The summed E-state index contributed by atoms with van der Waals surface area (Å²) in [5.74, 6) is 1.69. The van der Waals surface area contributed by atoms with Gasteiger partial charge in [0.1, 0.15) is 6.54 Å². The lowest BCUT2D eigenvalue weighted by molar-refractivity contribution is -0.901. The molecule has 1 aliphatic rings. The fourth-order valence-corrected chi connectivity index (χ4v) is 2.44. The Labute approximate surface area is 103 Å². The van der Waals surface area contributed by atoms with Crippen LogP contribution in [-0.2, 0) is 6.54 Å². The topological polar surface area (TPSA) is 22.9 Å². The van der Waals surface area contributed by atoms with Crippen molar-refractivity contribution in [2.24, 2.45) is 0 Å². The van der Waals surface area contributed by atoms with Gasteiger partial charge in [0.05, 0.1) is 26.8 Å². The first-order chi connectivity index (χ1) is 8.33. The lowest BCUT2D eigenvalue weighted by Gasteiger charge is -2.14. The standard InChI is InChI=1S/C14H21NO2/c1-3-17-13-7-6-12(10-14(13)16-2)11-15-8-4-5-9-15/h6-7,10H,3-5,8-9,11H2,1-2H3/p+1. The van der Waals surface area contributed by atoms with Gasteiger partial charge in [0.25, 0.3) is 0 Å². The number of nitrogens with one attached hydrogen (secondary N) is 1. The first-order valence-corrected chi connectivity index (χ1v) is 6.46. The van der Waals surface area contributed by atoms with Crippen LogP contribution in [0.3, 0.4) is 0 Å². The molecule has 17 heavy (non-hydrogen) atoms. The fraction of sp³-hybridized carbons (Fsp3) is 0.571. The van der Waals surface area contributed by atoms with E-state index in [0.29, 0.717) is 6.61 Å². The zero-order chi connectivity index (χ0) is 12.1. The Balaban J connectivity index is 2.07. The Kier molecular flexibility index (Phi) is 4.26. The summed E-state index contributed by atoms with van der Waals surface area (Å²) >= 11 is 0. The molecule has 1 N–H and O–H groups in total. The quantitative estimate of drug-likeness (QED) is 0.832. The van der Waals surface area contributed by atoms with Crippen molar-refractivity contribution >= 4 is 0 Å². The fourth-order valence-electron chi connectivity index (χ4n) is 2.44. The molecule has 1 aliphatic heterocycles. The minimum atomic E-state index is 0.674. The molecular weight excluding hydrogens is 214 g/mol. The van der Waals surface area contributed by atoms with Crippen LogP contribution in [0.4, 0.5) is 0 Å². The molecule has 0 atom stereocenters. The Bertz CT molecular complexity index is 359. The minimum absolute atomic E-state index is 0.674. The van der Waals surface area contributed by atoms with Crippen LogP contribution in [0.5, 0.6) is 11.5 Å². The third-order valence-electron chi connectivity index (χ3n) is 3.29. The molecular formula is C14H22NO2+. The molecule has 2 rings (SSSR count). The van der Waals surface area contributed by atoms with Crippen LogP contribution >= 0.6 is 0 Å². The summed E-state index contributed by atoms with van der Waals surface area (Å²) < 4.78 is 10.9. The highest BCUT2D eigenvalue weighted by Gasteiger charge is 2.16. The highest BCUT2D eigenvalue weighted by Crippen LogP contribution is 2.27. The summed E-state index contributed by atoms with van der Waals surface area (Å²) in [5, 5.41) is 0. The molecule has 94 valence electrons. The van der Waals surface area contributed by atoms with Gasteiger partial charge >= 0.3 is 0 Å². The maximum atomic E-state index is 5.52. The van der Waals surface area contributed by atoms with E-state index in [-0.39, 0.29) is 0 Å². The molecule has 0 amide bonds. The third kappa shape index (κ3) is 3.13. The van der Waals surface area contributed by atoms with Crippen molar-refractivity contribution in [2.75, 3.05) is 26.8 Å². The van der Waals surface area contributed by atoms with Crippen molar-refractivity contribution in [2.45, 2.75) is 26.3 Å². The van der Waals surface area contributed by atoms with E-state index in [4.69, 9.17) is 9.47 Å². The average molecular weight is 236 g/mol. The number of benzene rings is 1. The number of methoxy groups -OCH3 is 1. The highest BCUT2D eigenvalue weighted by atomic mass is 16.5. The van der Waals surface area contributed by atoms with Crippen LogP contribution in [0.25, 0.3) is 0 Å². The van der Waals surface area contributed by atoms with Gasteiger partial charge < -0.3 is 14.4 Å². The first-order valence-electron chi connectivity index (χ1n) is 6.46. The number of ether oxygens (including phenoxy) is 2. The maximum Gasteiger partial charge on any atom is 0.161 e. The van der Waals surface area contributed by atoms with E-state index in [1.807, 2.05) is 13.0 Å². The van der Waals surface area contributed by atoms with Gasteiger partial charge in [-0.2, -0.15) is 0 Å². The van der Waals surface area contributed by atoms with Crippen LogP contribution in [0.1, 0.15) is 25.3 Å². The molecule has 0 radical (unpaired) electrons. The first kappa shape index (κ1) is 12.2. The molecule has 0 saturated carbocycles.